The number of phosphoric acid groups is 1. The molecule has 0 rings (SSSR count). The first-order valence-corrected chi connectivity index (χ1v) is 24.0. The Kier molecular flexibility index (Phi) is 36.9. The molecule has 1 amide bonds. The topological polar surface area (TPSA) is 108 Å². The van der Waals surface area contributed by atoms with Crippen LogP contribution in [0.4, 0.5) is 0 Å². The molecule has 3 atom stereocenters. The van der Waals surface area contributed by atoms with Gasteiger partial charge in [0.25, 0.3) is 7.82 Å². The van der Waals surface area contributed by atoms with E-state index in [0.717, 1.165) is 70.6 Å². The number of hydrogen-bond acceptors (Lipinski definition) is 6. The van der Waals surface area contributed by atoms with Crippen molar-refractivity contribution in [3.05, 3.63) is 48.6 Å². The number of amides is 1. The third kappa shape index (κ3) is 40.5. The second kappa shape index (κ2) is 38.0. The van der Waals surface area contributed by atoms with Gasteiger partial charge in [-0.15, -0.1) is 0 Å². The second-order valence-corrected chi connectivity index (χ2v) is 17.8. The summed E-state index contributed by atoms with van der Waals surface area (Å²) in [6.45, 7) is 4.53. The molecule has 0 spiro atoms. The third-order valence-electron chi connectivity index (χ3n) is 9.72. The number of phosphoric ester groups is 1. The number of unbranched alkanes of at least 4 members (excludes halogenated alkanes) is 21. The lowest BCUT2D eigenvalue weighted by Crippen LogP contribution is -2.45. The fourth-order valence-corrected chi connectivity index (χ4v) is 6.85. The van der Waals surface area contributed by atoms with Crippen LogP contribution in [0, 0.1) is 0 Å². The Balaban J connectivity index is 4.40. The van der Waals surface area contributed by atoms with Gasteiger partial charge in [-0.2, -0.15) is 0 Å². The Morgan fingerprint density at radius 3 is 1.55 bits per heavy atom. The zero-order valence-corrected chi connectivity index (χ0v) is 37.3. The van der Waals surface area contributed by atoms with E-state index in [9.17, 15) is 19.4 Å². The molecule has 8 nitrogen and oxygen atoms in total. The van der Waals surface area contributed by atoms with E-state index in [1.54, 1.807) is 6.08 Å². The molecule has 0 heterocycles. The lowest BCUT2D eigenvalue weighted by atomic mass is 10.0. The van der Waals surface area contributed by atoms with Crippen LogP contribution in [-0.4, -0.2) is 68.5 Å². The zero-order chi connectivity index (χ0) is 40.7. The van der Waals surface area contributed by atoms with Crippen molar-refractivity contribution in [1.82, 2.24) is 5.32 Å². The lowest BCUT2D eigenvalue weighted by molar-refractivity contribution is -0.870. The number of carbonyl (C=O) groups is 1. The van der Waals surface area contributed by atoms with Crippen LogP contribution in [0.3, 0.4) is 0 Å². The molecule has 0 aromatic carbocycles. The largest absolute Gasteiger partial charge is 0.756 e. The predicted molar refractivity (Wildman–Crippen MR) is 233 cm³/mol. The number of carbonyl (C=O) groups excluding carboxylic acids is 1. The highest BCUT2D eigenvalue weighted by molar-refractivity contribution is 7.45. The van der Waals surface area contributed by atoms with Gasteiger partial charge in [-0.1, -0.05) is 165 Å². The van der Waals surface area contributed by atoms with E-state index in [0.29, 0.717) is 17.4 Å². The van der Waals surface area contributed by atoms with Crippen LogP contribution >= 0.6 is 7.82 Å². The summed E-state index contributed by atoms with van der Waals surface area (Å²) in [5.74, 6) is -0.225. The third-order valence-corrected chi connectivity index (χ3v) is 10.7. The van der Waals surface area contributed by atoms with E-state index in [1.165, 1.54) is 96.3 Å². The summed E-state index contributed by atoms with van der Waals surface area (Å²) >= 11 is 0. The number of likely N-dealkylation sites (N-methyl/N-ethyl adjacent to an activating group) is 1. The minimum atomic E-state index is -4.60. The van der Waals surface area contributed by atoms with Crippen LogP contribution < -0.4 is 10.2 Å². The number of nitrogens with one attached hydrogen (secondary N) is 1. The average Bonchev–Trinajstić information content (AvgIpc) is 3.13. The number of quaternary nitrogens is 1. The fourth-order valence-electron chi connectivity index (χ4n) is 6.13. The molecule has 0 saturated carbocycles. The van der Waals surface area contributed by atoms with Crippen LogP contribution in [0.5, 0.6) is 0 Å². The summed E-state index contributed by atoms with van der Waals surface area (Å²) in [5.41, 5.74) is 0. The van der Waals surface area contributed by atoms with Gasteiger partial charge in [0.05, 0.1) is 39.9 Å². The van der Waals surface area contributed by atoms with Gasteiger partial charge >= 0.3 is 0 Å². The summed E-state index contributed by atoms with van der Waals surface area (Å²) in [4.78, 5) is 25.2. The van der Waals surface area contributed by atoms with Crippen LogP contribution in [0.15, 0.2) is 48.6 Å². The molecule has 0 aliphatic carbocycles. The van der Waals surface area contributed by atoms with Gasteiger partial charge in [0.2, 0.25) is 5.91 Å². The molecule has 0 aromatic heterocycles. The van der Waals surface area contributed by atoms with E-state index in [1.807, 2.05) is 27.2 Å². The molecule has 0 bridgehead atoms. The molecule has 0 saturated heterocycles. The van der Waals surface area contributed by atoms with E-state index < -0.39 is 26.6 Å². The second-order valence-electron chi connectivity index (χ2n) is 16.4. The quantitative estimate of drug-likeness (QED) is 0.0277. The van der Waals surface area contributed by atoms with Crippen LogP contribution in [0.1, 0.15) is 187 Å². The van der Waals surface area contributed by atoms with Crippen LogP contribution in [0.2, 0.25) is 0 Å². The summed E-state index contributed by atoms with van der Waals surface area (Å²) in [5, 5.41) is 13.7. The molecular formula is C46H87N2O6P. The van der Waals surface area contributed by atoms with E-state index in [-0.39, 0.29) is 12.5 Å². The number of aliphatic hydroxyl groups is 1. The van der Waals surface area contributed by atoms with Gasteiger partial charge in [-0.25, -0.2) is 0 Å². The highest BCUT2D eigenvalue weighted by Crippen LogP contribution is 2.38. The summed E-state index contributed by atoms with van der Waals surface area (Å²) in [6.07, 6.45) is 47.5. The average molecular weight is 795 g/mol. The number of nitrogens with zero attached hydrogens (tertiary/aromatic N) is 1. The van der Waals surface area contributed by atoms with E-state index in [4.69, 9.17) is 9.05 Å². The van der Waals surface area contributed by atoms with Gasteiger partial charge in [0.1, 0.15) is 13.2 Å². The zero-order valence-electron chi connectivity index (χ0n) is 36.4. The van der Waals surface area contributed by atoms with Crippen molar-refractivity contribution in [2.75, 3.05) is 40.9 Å². The van der Waals surface area contributed by atoms with Crippen molar-refractivity contribution >= 4 is 13.7 Å². The Hall–Kier alpha value is -1.54. The Morgan fingerprint density at radius 1 is 0.618 bits per heavy atom. The van der Waals surface area contributed by atoms with Crippen molar-refractivity contribution in [1.29, 1.82) is 0 Å². The minimum absolute atomic E-state index is 0.0118. The number of aliphatic hydroxyl groups excluding tert-OH is 1. The van der Waals surface area contributed by atoms with Crippen molar-refractivity contribution in [3.63, 3.8) is 0 Å². The van der Waals surface area contributed by atoms with Crippen molar-refractivity contribution in [2.24, 2.45) is 0 Å². The number of allylic oxidation sites excluding steroid dienone is 7. The number of rotatable bonds is 40. The molecule has 9 heteroatoms. The maximum Gasteiger partial charge on any atom is 0.268 e. The van der Waals surface area contributed by atoms with Gasteiger partial charge in [0.15, 0.2) is 0 Å². The summed E-state index contributed by atoms with van der Waals surface area (Å²) in [6, 6.07) is -0.912. The molecule has 0 aromatic rings. The normalized spacial score (nSPS) is 14.8. The Labute approximate surface area is 339 Å². The fraction of sp³-hybridized carbons (Fsp3) is 0.804. The molecule has 55 heavy (non-hydrogen) atoms. The summed E-state index contributed by atoms with van der Waals surface area (Å²) < 4.78 is 23.1. The molecule has 3 unspecified atom stereocenters. The molecule has 0 aliphatic heterocycles. The van der Waals surface area contributed by atoms with Gasteiger partial charge in [-0.05, 0) is 64.2 Å². The lowest BCUT2D eigenvalue weighted by Gasteiger charge is -2.29. The van der Waals surface area contributed by atoms with Gasteiger partial charge in [-0.3, -0.25) is 9.36 Å². The van der Waals surface area contributed by atoms with Crippen molar-refractivity contribution < 1.29 is 32.9 Å². The maximum atomic E-state index is 12.8. The number of hydrogen-bond donors (Lipinski definition) is 2. The molecular weight excluding hydrogens is 707 g/mol. The first-order valence-electron chi connectivity index (χ1n) is 22.5. The smallest absolute Gasteiger partial charge is 0.268 e. The molecule has 0 fully saturated rings. The Bertz CT molecular complexity index is 1040. The SMILES string of the molecule is CCC/C=C\CCCCCCCC(=O)NC(COP(=O)([O-])OCC[N+](C)(C)C)C(O)/C=C/CC/C=C/CC/C=C/CCCCCCCCCCCCCCC. The highest BCUT2D eigenvalue weighted by atomic mass is 31.2. The van der Waals surface area contributed by atoms with Crippen LogP contribution in [0.25, 0.3) is 0 Å². The van der Waals surface area contributed by atoms with E-state index >= 15 is 0 Å². The van der Waals surface area contributed by atoms with Gasteiger partial charge < -0.3 is 28.8 Å². The van der Waals surface area contributed by atoms with Crippen molar-refractivity contribution in [2.45, 2.75) is 199 Å². The maximum absolute atomic E-state index is 12.8. The monoisotopic (exact) mass is 795 g/mol. The molecule has 0 radical (unpaired) electrons. The minimum Gasteiger partial charge on any atom is -0.756 e. The predicted octanol–water partition coefficient (Wildman–Crippen LogP) is 11.8. The standard InChI is InChI=1S/C46H87N2O6P/c1-6-8-10-12-14-16-18-19-20-21-22-23-24-25-26-27-28-29-30-31-33-35-37-39-45(49)44(43-54-55(51,52)53-42-41-48(3,4)5)47-46(50)40-38-36-34-32-17-15-13-11-9-7-2/h11,13,26-27,30-31,37,39,44-45,49H,6-10,12,14-25,28-29,32-36,38,40-43H2,1-5H3,(H-,47,50,51,52)/b13-11-,27-26+,31-30+,39-37+. The first-order chi connectivity index (χ1) is 26.5. The van der Waals surface area contributed by atoms with E-state index in [2.05, 4.69) is 55.6 Å². The van der Waals surface area contributed by atoms with Crippen LogP contribution in [-0.2, 0) is 18.4 Å². The molecule has 322 valence electrons. The summed E-state index contributed by atoms with van der Waals surface area (Å²) in [7, 11) is 1.22. The first kappa shape index (κ1) is 53.5. The van der Waals surface area contributed by atoms with Gasteiger partial charge in [0, 0.05) is 6.42 Å². The highest BCUT2D eigenvalue weighted by Gasteiger charge is 2.23. The van der Waals surface area contributed by atoms with Crippen molar-refractivity contribution in [3.8, 4) is 0 Å². The Morgan fingerprint density at radius 2 is 1.05 bits per heavy atom. The molecule has 0 aliphatic rings. The molecule has 2 N–H and O–H groups in total.